The first-order valence-electron chi connectivity index (χ1n) is 8.43. The lowest BCUT2D eigenvalue weighted by Crippen LogP contribution is -2.44. The van der Waals surface area contributed by atoms with Crippen LogP contribution in [0.2, 0.25) is 0 Å². The maximum absolute atomic E-state index is 12.8. The second-order valence-corrected chi connectivity index (χ2v) is 6.79. The molecule has 3 rings (SSSR count). The molecule has 132 valence electrons. The molecule has 2 N–H and O–H groups in total. The van der Waals surface area contributed by atoms with Gasteiger partial charge in [0.15, 0.2) is 0 Å². The third-order valence-electron chi connectivity index (χ3n) is 4.50. The molecular weight excluding hydrogens is 320 g/mol. The molecule has 1 fully saturated rings. The fourth-order valence-electron chi connectivity index (χ4n) is 2.86. The molecule has 1 atom stereocenters. The van der Waals surface area contributed by atoms with Crippen LogP contribution in [0, 0.1) is 5.92 Å². The minimum Gasteiger partial charge on any atom is -0.497 e. The number of carbonyl (C=O) groups is 2. The molecule has 0 radical (unpaired) electrons. The first-order valence-corrected chi connectivity index (χ1v) is 8.43. The van der Waals surface area contributed by atoms with E-state index in [0.717, 1.165) is 18.5 Å². The smallest absolute Gasteiger partial charge is 0.326 e. The third-order valence-corrected chi connectivity index (χ3v) is 4.50. The van der Waals surface area contributed by atoms with Gasteiger partial charge in [0.1, 0.15) is 11.8 Å². The fourth-order valence-corrected chi connectivity index (χ4v) is 2.86. The van der Waals surface area contributed by atoms with Gasteiger partial charge in [0.05, 0.1) is 18.2 Å². The zero-order chi connectivity index (χ0) is 18.1. The molecule has 25 heavy (non-hydrogen) atoms. The van der Waals surface area contributed by atoms with Crippen molar-refractivity contribution in [2.24, 2.45) is 5.92 Å². The molecule has 1 aliphatic carbocycles. The van der Waals surface area contributed by atoms with Gasteiger partial charge in [0.2, 0.25) is 0 Å². The Morgan fingerprint density at radius 3 is 2.56 bits per heavy atom. The predicted molar refractivity (Wildman–Crippen MR) is 94.0 cm³/mol. The molecule has 0 saturated heterocycles. The molecule has 0 aliphatic heterocycles. The number of nitrogens with zero attached hydrogens (tertiary/aromatic N) is 1. The second kappa shape index (κ2) is 6.70. The summed E-state index contributed by atoms with van der Waals surface area (Å²) in [6.45, 7) is 3.53. The van der Waals surface area contributed by atoms with Crippen molar-refractivity contribution in [3.63, 3.8) is 0 Å². The largest absolute Gasteiger partial charge is 0.497 e. The van der Waals surface area contributed by atoms with Crippen molar-refractivity contribution < 1.29 is 19.4 Å². The van der Waals surface area contributed by atoms with Crippen LogP contribution in [-0.2, 0) is 4.79 Å². The summed E-state index contributed by atoms with van der Waals surface area (Å²) >= 11 is 0. The number of rotatable bonds is 6. The summed E-state index contributed by atoms with van der Waals surface area (Å²) in [4.78, 5) is 28.9. The van der Waals surface area contributed by atoms with E-state index in [-0.39, 0.29) is 5.92 Å². The number of fused-ring (bicyclic) bond motifs is 1. The van der Waals surface area contributed by atoms with Gasteiger partial charge in [-0.3, -0.25) is 9.78 Å². The van der Waals surface area contributed by atoms with Crippen molar-refractivity contribution in [3.05, 3.63) is 35.5 Å². The van der Waals surface area contributed by atoms with Crippen LogP contribution in [-0.4, -0.2) is 35.1 Å². The van der Waals surface area contributed by atoms with Crippen LogP contribution in [0.3, 0.4) is 0 Å². The van der Waals surface area contributed by atoms with Crippen molar-refractivity contribution in [1.29, 1.82) is 0 Å². The van der Waals surface area contributed by atoms with Crippen LogP contribution in [0.15, 0.2) is 24.3 Å². The number of pyridine rings is 1. The summed E-state index contributed by atoms with van der Waals surface area (Å²) < 4.78 is 5.25. The summed E-state index contributed by atoms with van der Waals surface area (Å²) in [5.74, 6) is -0.642. The normalized spacial score (nSPS) is 15.2. The van der Waals surface area contributed by atoms with Crippen LogP contribution in [0.25, 0.3) is 10.9 Å². The first kappa shape index (κ1) is 17.2. The lowest BCUT2D eigenvalue weighted by Gasteiger charge is -2.19. The Balaban J connectivity index is 2.05. The minimum atomic E-state index is -1.04. The Hall–Kier alpha value is -2.63. The number of carbonyl (C=O) groups excluding carboxylic acids is 1. The van der Waals surface area contributed by atoms with E-state index in [1.807, 2.05) is 12.1 Å². The van der Waals surface area contributed by atoms with Crippen LogP contribution in [0.4, 0.5) is 0 Å². The number of carboxylic acids is 1. The van der Waals surface area contributed by atoms with E-state index in [2.05, 4.69) is 10.3 Å². The highest BCUT2D eigenvalue weighted by molar-refractivity contribution is 6.07. The van der Waals surface area contributed by atoms with Crippen molar-refractivity contribution in [1.82, 2.24) is 10.3 Å². The minimum absolute atomic E-state index is 0.216. The highest BCUT2D eigenvalue weighted by Gasteiger charge is 2.29. The van der Waals surface area contributed by atoms with Gasteiger partial charge in [-0.2, -0.15) is 0 Å². The molecule has 1 aliphatic rings. The molecule has 2 aromatic rings. The monoisotopic (exact) mass is 342 g/mol. The topological polar surface area (TPSA) is 88.5 Å². The standard InChI is InChI=1S/C19H22N2O4/c1-10(2)17(19(23)24)21-18(22)14-9-16(11-4-5-11)20-15-7-6-12(25-3)8-13(14)15/h6-11,17H,4-5H2,1-3H3,(H,21,22)(H,23,24)/t17-/m0/s1. The van der Waals surface area contributed by atoms with E-state index in [0.29, 0.717) is 28.1 Å². The van der Waals surface area contributed by atoms with E-state index in [1.54, 1.807) is 33.1 Å². The molecular formula is C19H22N2O4. The number of hydrogen-bond donors (Lipinski definition) is 2. The number of nitrogens with one attached hydrogen (secondary N) is 1. The predicted octanol–water partition coefficient (Wildman–Crippen LogP) is 2.96. The number of hydrogen-bond acceptors (Lipinski definition) is 4. The molecule has 0 bridgehead atoms. The Labute approximate surface area is 146 Å². The maximum atomic E-state index is 12.8. The van der Waals surface area contributed by atoms with Crippen molar-refractivity contribution in [2.75, 3.05) is 7.11 Å². The average Bonchev–Trinajstić information content (AvgIpc) is 3.42. The fraction of sp³-hybridized carbons (Fsp3) is 0.421. The van der Waals surface area contributed by atoms with Gasteiger partial charge >= 0.3 is 5.97 Å². The molecule has 1 aromatic carbocycles. The summed E-state index contributed by atoms with van der Waals surface area (Å²) in [5.41, 5.74) is 2.05. The summed E-state index contributed by atoms with van der Waals surface area (Å²) in [7, 11) is 1.56. The number of ether oxygens (including phenoxy) is 1. The van der Waals surface area contributed by atoms with E-state index >= 15 is 0 Å². The van der Waals surface area contributed by atoms with Crippen LogP contribution in [0.5, 0.6) is 5.75 Å². The van der Waals surface area contributed by atoms with Crippen LogP contribution < -0.4 is 10.1 Å². The summed E-state index contributed by atoms with van der Waals surface area (Å²) in [6, 6.07) is 6.24. The maximum Gasteiger partial charge on any atom is 0.326 e. The average molecular weight is 342 g/mol. The highest BCUT2D eigenvalue weighted by Crippen LogP contribution is 2.40. The number of methoxy groups -OCH3 is 1. The van der Waals surface area contributed by atoms with Gasteiger partial charge < -0.3 is 15.2 Å². The van der Waals surface area contributed by atoms with Gasteiger partial charge in [-0.1, -0.05) is 13.8 Å². The van der Waals surface area contributed by atoms with Gasteiger partial charge in [-0.05, 0) is 43.0 Å². The number of aliphatic carboxylic acids is 1. The molecule has 0 unspecified atom stereocenters. The van der Waals surface area contributed by atoms with E-state index in [1.165, 1.54) is 0 Å². The zero-order valence-corrected chi connectivity index (χ0v) is 14.6. The van der Waals surface area contributed by atoms with Crippen molar-refractivity contribution in [3.8, 4) is 5.75 Å². The molecule has 1 aromatic heterocycles. The van der Waals surface area contributed by atoms with Crippen molar-refractivity contribution in [2.45, 2.75) is 38.6 Å². The molecule has 1 heterocycles. The Morgan fingerprint density at radius 1 is 1.28 bits per heavy atom. The number of amides is 1. The van der Waals surface area contributed by atoms with Gasteiger partial charge in [0, 0.05) is 17.0 Å². The lowest BCUT2D eigenvalue weighted by atomic mass is 10.0. The van der Waals surface area contributed by atoms with E-state index in [9.17, 15) is 14.7 Å². The van der Waals surface area contributed by atoms with Gasteiger partial charge in [-0.25, -0.2) is 4.79 Å². The SMILES string of the molecule is COc1ccc2nc(C3CC3)cc(C(=O)N[C@H](C(=O)O)C(C)C)c2c1. The number of benzene rings is 1. The second-order valence-electron chi connectivity index (χ2n) is 6.79. The molecule has 1 amide bonds. The van der Waals surface area contributed by atoms with Gasteiger partial charge in [-0.15, -0.1) is 0 Å². The van der Waals surface area contributed by atoms with Gasteiger partial charge in [0.25, 0.3) is 5.91 Å². The highest BCUT2D eigenvalue weighted by atomic mass is 16.5. The number of aromatic nitrogens is 1. The molecule has 6 nitrogen and oxygen atoms in total. The molecule has 6 heteroatoms. The third kappa shape index (κ3) is 3.57. The van der Waals surface area contributed by atoms with Crippen LogP contribution >= 0.6 is 0 Å². The molecule has 0 spiro atoms. The van der Waals surface area contributed by atoms with Crippen LogP contribution in [0.1, 0.15) is 48.7 Å². The Bertz CT molecular complexity index is 828. The zero-order valence-electron chi connectivity index (χ0n) is 14.6. The summed E-state index contributed by atoms with van der Waals surface area (Å²) in [6.07, 6.45) is 2.14. The first-order chi connectivity index (χ1) is 11.9. The summed E-state index contributed by atoms with van der Waals surface area (Å²) in [5, 5.41) is 12.6. The van der Waals surface area contributed by atoms with E-state index in [4.69, 9.17) is 4.74 Å². The van der Waals surface area contributed by atoms with E-state index < -0.39 is 17.9 Å². The molecule has 1 saturated carbocycles. The number of carboxylic acid groups (broad SMARTS) is 1. The Kier molecular flexibility index (Phi) is 4.61. The van der Waals surface area contributed by atoms with Crippen molar-refractivity contribution >= 4 is 22.8 Å². The Morgan fingerprint density at radius 2 is 2.00 bits per heavy atom. The quantitative estimate of drug-likeness (QED) is 0.842. The lowest BCUT2D eigenvalue weighted by molar-refractivity contribution is -0.140.